The van der Waals surface area contributed by atoms with Crippen molar-refractivity contribution in [1.82, 2.24) is 25.4 Å². The summed E-state index contributed by atoms with van der Waals surface area (Å²) in [6.07, 6.45) is 0. The number of H-pyrrole nitrogens is 1. The Balaban J connectivity index is 1.46. The summed E-state index contributed by atoms with van der Waals surface area (Å²) in [5.41, 5.74) is 0.940. The van der Waals surface area contributed by atoms with Crippen LogP contribution in [0.1, 0.15) is 18.1 Å². The van der Waals surface area contributed by atoms with E-state index in [2.05, 4.69) is 25.4 Å². The van der Waals surface area contributed by atoms with E-state index in [1.807, 2.05) is 48.7 Å². The average molecular weight is 385 g/mol. The molecule has 1 aromatic carbocycles. The first-order valence-corrected chi connectivity index (χ1v) is 9.59. The fourth-order valence-electron chi connectivity index (χ4n) is 2.28. The van der Waals surface area contributed by atoms with Gasteiger partial charge in [-0.15, -0.1) is 26.6 Å². The third-order valence-electron chi connectivity index (χ3n) is 3.63. The lowest BCUT2D eigenvalue weighted by Crippen LogP contribution is -1.89. The number of nitrogens with one attached hydrogen (secondary N) is 1. The van der Waals surface area contributed by atoms with Crippen LogP contribution in [0.15, 0.2) is 51.4 Å². The van der Waals surface area contributed by atoms with Crippen molar-refractivity contribution in [3.63, 3.8) is 0 Å². The van der Waals surface area contributed by atoms with Crippen molar-refractivity contribution < 1.29 is 9.15 Å². The molecule has 0 aliphatic carbocycles. The predicted octanol–water partition coefficient (Wildman–Crippen LogP) is 4.45. The standard InChI is InChI=1S/C17H15N5O2S2/c1-10(15-20-21-16(24-15)13-4-3-9-25-13)26-17-18-14(19-22-17)11-5-7-12(23-2)8-6-11/h3-10H,1-2H3,(H,18,19,22). The van der Waals surface area contributed by atoms with Gasteiger partial charge in [0.2, 0.25) is 11.0 Å². The van der Waals surface area contributed by atoms with Crippen molar-refractivity contribution in [2.24, 2.45) is 0 Å². The van der Waals surface area contributed by atoms with Gasteiger partial charge in [0.15, 0.2) is 5.82 Å². The van der Waals surface area contributed by atoms with Gasteiger partial charge in [-0.2, -0.15) is 0 Å². The van der Waals surface area contributed by atoms with Crippen LogP contribution in [0, 0.1) is 0 Å². The zero-order chi connectivity index (χ0) is 17.9. The molecular formula is C17H15N5O2S2. The molecule has 132 valence electrons. The Bertz CT molecular complexity index is 979. The summed E-state index contributed by atoms with van der Waals surface area (Å²) >= 11 is 3.03. The van der Waals surface area contributed by atoms with Gasteiger partial charge in [-0.05, 0) is 42.6 Å². The van der Waals surface area contributed by atoms with Crippen molar-refractivity contribution in [3.8, 4) is 27.9 Å². The number of aromatic nitrogens is 5. The lowest BCUT2D eigenvalue weighted by Gasteiger charge is -2.02. The summed E-state index contributed by atoms with van der Waals surface area (Å²) in [4.78, 5) is 5.48. The van der Waals surface area contributed by atoms with Gasteiger partial charge in [-0.25, -0.2) is 4.98 Å². The highest BCUT2D eigenvalue weighted by molar-refractivity contribution is 7.99. The van der Waals surface area contributed by atoms with Gasteiger partial charge in [-0.3, -0.25) is 5.10 Å². The Morgan fingerprint density at radius 1 is 1.19 bits per heavy atom. The lowest BCUT2D eigenvalue weighted by atomic mass is 10.2. The van der Waals surface area contributed by atoms with Crippen molar-refractivity contribution in [2.75, 3.05) is 7.11 Å². The van der Waals surface area contributed by atoms with E-state index < -0.39 is 0 Å². The second kappa shape index (κ2) is 7.30. The van der Waals surface area contributed by atoms with Crippen LogP contribution in [0.3, 0.4) is 0 Å². The van der Waals surface area contributed by atoms with Crippen LogP contribution >= 0.6 is 23.1 Å². The number of ether oxygens (including phenoxy) is 1. The number of hydrogen-bond donors (Lipinski definition) is 1. The van der Waals surface area contributed by atoms with Crippen LogP contribution in [0.4, 0.5) is 0 Å². The van der Waals surface area contributed by atoms with Crippen LogP contribution in [0.5, 0.6) is 5.75 Å². The molecule has 0 fully saturated rings. The molecule has 4 rings (SSSR count). The first-order chi connectivity index (χ1) is 12.7. The third kappa shape index (κ3) is 3.49. The van der Waals surface area contributed by atoms with E-state index in [1.54, 1.807) is 18.4 Å². The number of hydrogen-bond acceptors (Lipinski definition) is 8. The number of benzene rings is 1. The normalized spacial score (nSPS) is 12.2. The number of nitrogens with zero attached hydrogens (tertiary/aromatic N) is 4. The minimum Gasteiger partial charge on any atom is -0.497 e. The highest BCUT2D eigenvalue weighted by Gasteiger charge is 2.19. The van der Waals surface area contributed by atoms with Crippen LogP contribution < -0.4 is 4.74 Å². The van der Waals surface area contributed by atoms with Gasteiger partial charge >= 0.3 is 0 Å². The van der Waals surface area contributed by atoms with E-state index in [9.17, 15) is 0 Å². The molecule has 4 aromatic rings. The zero-order valence-corrected chi connectivity index (χ0v) is 15.7. The molecule has 26 heavy (non-hydrogen) atoms. The molecule has 0 aliphatic heterocycles. The predicted molar refractivity (Wildman–Crippen MR) is 100 cm³/mol. The summed E-state index contributed by atoms with van der Waals surface area (Å²) in [6, 6.07) is 11.5. The van der Waals surface area contributed by atoms with E-state index in [-0.39, 0.29) is 5.25 Å². The Morgan fingerprint density at radius 2 is 2.04 bits per heavy atom. The highest BCUT2D eigenvalue weighted by atomic mass is 32.2. The Kier molecular flexibility index (Phi) is 4.72. The molecule has 0 amide bonds. The van der Waals surface area contributed by atoms with E-state index >= 15 is 0 Å². The molecule has 1 N–H and O–H groups in total. The minimum atomic E-state index is -0.0595. The molecule has 1 atom stereocenters. The summed E-state index contributed by atoms with van der Waals surface area (Å²) in [6.45, 7) is 1.99. The van der Waals surface area contributed by atoms with E-state index in [0.29, 0.717) is 22.8 Å². The molecule has 3 heterocycles. The summed E-state index contributed by atoms with van der Waals surface area (Å²) in [5, 5.41) is 18.0. The van der Waals surface area contributed by atoms with E-state index in [0.717, 1.165) is 16.2 Å². The SMILES string of the molecule is COc1ccc(-c2nc(SC(C)c3nnc(-c4cccs4)o3)n[nH]2)cc1. The molecular weight excluding hydrogens is 370 g/mol. The van der Waals surface area contributed by atoms with Crippen LogP contribution in [0.25, 0.3) is 22.2 Å². The number of aromatic amines is 1. The van der Waals surface area contributed by atoms with E-state index in [4.69, 9.17) is 9.15 Å². The molecule has 0 aliphatic rings. The van der Waals surface area contributed by atoms with Crippen LogP contribution in [-0.4, -0.2) is 32.5 Å². The number of thiophene rings is 1. The first-order valence-electron chi connectivity index (χ1n) is 7.83. The third-order valence-corrected chi connectivity index (χ3v) is 5.44. The summed E-state index contributed by atoms with van der Waals surface area (Å²) in [7, 11) is 1.64. The molecule has 0 bridgehead atoms. The Labute approximate surface area is 157 Å². The van der Waals surface area contributed by atoms with Gasteiger partial charge in [0, 0.05) is 5.56 Å². The van der Waals surface area contributed by atoms with Crippen LogP contribution in [-0.2, 0) is 0 Å². The summed E-state index contributed by atoms with van der Waals surface area (Å²) < 4.78 is 10.9. The first kappa shape index (κ1) is 16.8. The monoisotopic (exact) mass is 385 g/mol. The van der Waals surface area contributed by atoms with Crippen molar-refractivity contribution in [1.29, 1.82) is 0 Å². The molecule has 1 unspecified atom stereocenters. The molecule has 0 spiro atoms. The van der Waals surface area contributed by atoms with Gasteiger partial charge in [-0.1, -0.05) is 17.8 Å². The highest BCUT2D eigenvalue weighted by Crippen LogP contribution is 2.34. The van der Waals surface area contributed by atoms with Gasteiger partial charge < -0.3 is 9.15 Å². The fourth-order valence-corrected chi connectivity index (χ4v) is 3.68. The summed E-state index contributed by atoms with van der Waals surface area (Å²) in [5.74, 6) is 2.59. The fraction of sp³-hybridized carbons (Fsp3) is 0.176. The smallest absolute Gasteiger partial charge is 0.257 e. The zero-order valence-electron chi connectivity index (χ0n) is 14.0. The average Bonchev–Trinajstić information content (AvgIpc) is 3.41. The number of methoxy groups -OCH3 is 1. The van der Waals surface area contributed by atoms with E-state index in [1.165, 1.54) is 11.8 Å². The molecule has 0 saturated carbocycles. The Morgan fingerprint density at radius 3 is 2.77 bits per heavy atom. The largest absolute Gasteiger partial charge is 0.497 e. The van der Waals surface area contributed by atoms with Crippen LogP contribution in [0.2, 0.25) is 0 Å². The molecule has 0 saturated heterocycles. The lowest BCUT2D eigenvalue weighted by molar-refractivity contribution is 0.415. The molecule has 0 radical (unpaired) electrons. The number of thioether (sulfide) groups is 1. The maximum Gasteiger partial charge on any atom is 0.257 e. The maximum atomic E-state index is 5.77. The van der Waals surface area contributed by atoms with Crippen molar-refractivity contribution >= 4 is 23.1 Å². The second-order valence-electron chi connectivity index (χ2n) is 5.38. The molecule has 3 aromatic heterocycles. The number of rotatable bonds is 6. The molecule has 9 heteroatoms. The quantitative estimate of drug-likeness (QED) is 0.491. The van der Waals surface area contributed by atoms with Crippen molar-refractivity contribution in [2.45, 2.75) is 17.3 Å². The molecule has 7 nitrogen and oxygen atoms in total. The van der Waals surface area contributed by atoms with Crippen molar-refractivity contribution in [3.05, 3.63) is 47.7 Å². The second-order valence-corrected chi connectivity index (χ2v) is 7.63. The van der Waals surface area contributed by atoms with Gasteiger partial charge in [0.1, 0.15) is 5.75 Å². The topological polar surface area (TPSA) is 89.7 Å². The van der Waals surface area contributed by atoms with Gasteiger partial charge in [0.05, 0.1) is 17.2 Å². The minimum absolute atomic E-state index is 0.0595. The van der Waals surface area contributed by atoms with Gasteiger partial charge in [0.25, 0.3) is 5.89 Å². The Hall–Kier alpha value is -2.65. The maximum absolute atomic E-state index is 5.77.